The molecule has 2 aromatic carbocycles. The topological polar surface area (TPSA) is 124 Å². The number of nitrogens with one attached hydrogen (secondary N) is 1. The van der Waals surface area contributed by atoms with E-state index in [1.54, 1.807) is 13.2 Å². The molecule has 47 heavy (non-hydrogen) atoms. The second-order valence-electron chi connectivity index (χ2n) is 13.8. The SMILES string of the molecule is COc1cc(C(=O)N2C[C@H]3CC[C@@H]2[C@@H]3N)cc2nc(-c3cc4ccc(-c5ccc6[nH]c(=O)cc(C)c6c5)nc4n3CC3CC3)n(C)c12. The minimum Gasteiger partial charge on any atom is -0.494 e. The van der Waals surface area contributed by atoms with Crippen molar-refractivity contribution in [1.29, 1.82) is 0 Å². The third-order valence-electron chi connectivity index (χ3n) is 10.8. The Morgan fingerprint density at radius 1 is 1.04 bits per heavy atom. The Balaban J connectivity index is 1.15. The number of hydrogen-bond acceptors (Lipinski definition) is 6. The van der Waals surface area contributed by atoms with E-state index in [1.807, 2.05) is 43.1 Å². The van der Waals surface area contributed by atoms with E-state index in [-0.39, 0.29) is 23.6 Å². The highest BCUT2D eigenvalue weighted by molar-refractivity contribution is 6.00. The van der Waals surface area contributed by atoms with Gasteiger partial charge in [-0.15, -0.1) is 0 Å². The van der Waals surface area contributed by atoms with Gasteiger partial charge in [-0.25, -0.2) is 9.97 Å². The van der Waals surface area contributed by atoms with Crippen molar-refractivity contribution in [3.63, 3.8) is 0 Å². The van der Waals surface area contributed by atoms with Crippen LogP contribution in [0.3, 0.4) is 0 Å². The third-order valence-corrected chi connectivity index (χ3v) is 10.8. The molecule has 2 aliphatic carbocycles. The van der Waals surface area contributed by atoms with E-state index in [4.69, 9.17) is 20.4 Å². The summed E-state index contributed by atoms with van der Waals surface area (Å²) in [7, 11) is 3.65. The number of amides is 1. The molecular weight excluding hydrogens is 590 g/mol. The van der Waals surface area contributed by atoms with Gasteiger partial charge in [-0.1, -0.05) is 6.07 Å². The maximum absolute atomic E-state index is 13.8. The molecule has 0 spiro atoms. The van der Waals surface area contributed by atoms with Gasteiger partial charge in [-0.3, -0.25) is 9.59 Å². The lowest BCUT2D eigenvalue weighted by Gasteiger charge is -2.27. The molecule has 4 aromatic heterocycles. The summed E-state index contributed by atoms with van der Waals surface area (Å²) in [5.41, 5.74) is 14.0. The van der Waals surface area contributed by atoms with Crippen LogP contribution in [0.15, 0.2) is 59.4 Å². The van der Waals surface area contributed by atoms with Crippen molar-refractivity contribution >= 4 is 38.9 Å². The predicted molar refractivity (Wildman–Crippen MR) is 183 cm³/mol. The summed E-state index contributed by atoms with van der Waals surface area (Å²) in [6.07, 6.45) is 4.46. The Morgan fingerprint density at radius 3 is 2.64 bits per heavy atom. The van der Waals surface area contributed by atoms with Gasteiger partial charge in [0.25, 0.3) is 5.91 Å². The molecule has 0 unspecified atom stereocenters. The monoisotopic (exact) mass is 627 g/mol. The Morgan fingerprint density at radius 2 is 1.89 bits per heavy atom. The molecule has 5 heterocycles. The number of methoxy groups -OCH3 is 1. The zero-order valence-corrected chi connectivity index (χ0v) is 26.8. The molecule has 9 rings (SSSR count). The van der Waals surface area contributed by atoms with Crippen LogP contribution in [0.2, 0.25) is 0 Å². The zero-order valence-electron chi connectivity index (χ0n) is 26.8. The number of fused-ring (bicyclic) bond motifs is 5. The summed E-state index contributed by atoms with van der Waals surface area (Å²) < 4.78 is 10.3. The number of aromatic nitrogens is 5. The van der Waals surface area contributed by atoms with Crippen molar-refractivity contribution in [3.05, 3.63) is 76.1 Å². The van der Waals surface area contributed by atoms with Crippen LogP contribution in [0.25, 0.3) is 55.7 Å². The third kappa shape index (κ3) is 4.41. The first-order valence-corrected chi connectivity index (χ1v) is 16.5. The normalized spacial score (nSPS) is 20.7. The fourth-order valence-electron chi connectivity index (χ4n) is 8.07. The smallest absolute Gasteiger partial charge is 0.254 e. The van der Waals surface area contributed by atoms with E-state index < -0.39 is 0 Å². The van der Waals surface area contributed by atoms with Crippen molar-refractivity contribution in [2.24, 2.45) is 24.6 Å². The average Bonchev–Trinajstić information content (AvgIpc) is 3.47. The maximum atomic E-state index is 13.8. The number of carbonyl (C=O) groups is 1. The second-order valence-corrected chi connectivity index (χ2v) is 13.8. The molecule has 1 saturated heterocycles. The second kappa shape index (κ2) is 10.3. The van der Waals surface area contributed by atoms with Crippen molar-refractivity contribution in [3.8, 4) is 28.5 Å². The minimum atomic E-state index is -0.0988. The van der Waals surface area contributed by atoms with Gasteiger partial charge in [0.1, 0.15) is 16.9 Å². The first-order valence-electron chi connectivity index (χ1n) is 16.5. The van der Waals surface area contributed by atoms with E-state index in [2.05, 4.69) is 38.4 Å². The lowest BCUT2D eigenvalue weighted by Crippen LogP contribution is -2.41. The number of H-pyrrole nitrogens is 1. The van der Waals surface area contributed by atoms with Gasteiger partial charge in [-0.05, 0) is 92.5 Å². The summed E-state index contributed by atoms with van der Waals surface area (Å²) in [6.45, 7) is 3.53. The Kier molecular flexibility index (Phi) is 6.18. The van der Waals surface area contributed by atoms with Crippen LogP contribution in [0.5, 0.6) is 5.75 Å². The Bertz CT molecular complexity index is 2330. The van der Waals surface area contributed by atoms with Gasteiger partial charge in [-0.2, -0.15) is 0 Å². The lowest BCUT2D eigenvalue weighted by atomic mass is 10.0. The van der Waals surface area contributed by atoms with E-state index in [9.17, 15) is 9.59 Å². The van der Waals surface area contributed by atoms with Crippen molar-refractivity contribution in [2.45, 2.75) is 51.2 Å². The number of carbonyl (C=O) groups excluding carboxylic acids is 1. The first kappa shape index (κ1) is 28.3. The number of imidazole rings is 1. The average molecular weight is 628 g/mol. The van der Waals surface area contributed by atoms with Crippen LogP contribution in [0.4, 0.5) is 0 Å². The number of likely N-dealkylation sites (tertiary alicyclic amines) is 1. The molecule has 1 amide bonds. The fourth-order valence-corrected chi connectivity index (χ4v) is 8.07. The van der Waals surface area contributed by atoms with Crippen LogP contribution < -0.4 is 16.0 Å². The largest absolute Gasteiger partial charge is 0.494 e. The number of rotatable bonds is 6. The number of benzene rings is 2. The minimum absolute atomic E-state index is 0.00475. The molecule has 3 aliphatic rings. The van der Waals surface area contributed by atoms with Crippen molar-refractivity contribution in [1.82, 2.24) is 29.0 Å². The van der Waals surface area contributed by atoms with Crippen molar-refractivity contribution < 1.29 is 9.53 Å². The lowest BCUT2D eigenvalue weighted by molar-refractivity contribution is 0.0700. The van der Waals surface area contributed by atoms with E-state index in [1.165, 1.54) is 12.8 Å². The van der Waals surface area contributed by atoms with Gasteiger partial charge in [0, 0.05) is 65.7 Å². The standard InChI is InChI=1S/C37H37N7O3/c1-19-12-32(45)39-27-10-6-21(13-25(19)27)26-9-7-22-15-30(43(35(22)40-26)17-20-4-5-20)36-41-28-14-24(16-31(47-3)34(28)42(36)2)37(46)44-18-23-8-11-29(44)33(23)38/h6-7,9-10,12-16,20,23,29,33H,4-5,8,11,17-18,38H2,1-3H3,(H,39,45)/t23-,29-,33-/m1/s1. The number of pyridine rings is 2. The highest BCUT2D eigenvalue weighted by atomic mass is 16.5. The van der Waals surface area contributed by atoms with Crippen LogP contribution in [0.1, 0.15) is 41.6 Å². The molecule has 2 bridgehead atoms. The predicted octanol–water partition coefficient (Wildman–Crippen LogP) is 5.39. The number of aryl methyl sites for hydroxylation is 2. The Labute approximate surface area is 271 Å². The first-order chi connectivity index (χ1) is 22.8. The Hall–Kier alpha value is -4.96. The van der Waals surface area contributed by atoms with Gasteiger partial charge in [0.2, 0.25) is 5.56 Å². The number of nitrogens with zero attached hydrogens (tertiary/aromatic N) is 5. The molecule has 1 aliphatic heterocycles. The van der Waals surface area contributed by atoms with Crippen LogP contribution in [0, 0.1) is 18.8 Å². The quantitative estimate of drug-likeness (QED) is 0.255. The molecule has 0 radical (unpaired) electrons. The number of piperidine rings is 1. The summed E-state index contributed by atoms with van der Waals surface area (Å²) in [5.74, 6) is 2.41. The van der Waals surface area contributed by atoms with Gasteiger partial charge in [0.05, 0.1) is 24.0 Å². The van der Waals surface area contributed by atoms with Crippen LogP contribution >= 0.6 is 0 Å². The molecule has 2 saturated carbocycles. The van der Waals surface area contributed by atoms with E-state index in [0.29, 0.717) is 29.7 Å². The van der Waals surface area contributed by atoms with Crippen LogP contribution in [-0.4, -0.2) is 60.6 Å². The summed E-state index contributed by atoms with van der Waals surface area (Å²) in [4.78, 5) is 41.0. The molecule has 3 fully saturated rings. The number of aromatic amines is 1. The number of nitrogens with two attached hydrogens (primary N) is 1. The molecular formula is C37H37N7O3. The van der Waals surface area contributed by atoms with E-state index >= 15 is 0 Å². The van der Waals surface area contributed by atoms with Gasteiger partial charge in [0.15, 0.2) is 5.82 Å². The summed E-state index contributed by atoms with van der Waals surface area (Å²) >= 11 is 0. The van der Waals surface area contributed by atoms with Crippen LogP contribution in [-0.2, 0) is 13.6 Å². The zero-order chi connectivity index (χ0) is 32.1. The molecule has 10 nitrogen and oxygen atoms in total. The summed E-state index contributed by atoms with van der Waals surface area (Å²) in [6, 6.07) is 18.0. The highest BCUT2D eigenvalue weighted by Crippen LogP contribution is 2.40. The fraction of sp³-hybridized carbons (Fsp3) is 0.351. The van der Waals surface area contributed by atoms with Gasteiger partial charge >= 0.3 is 0 Å². The molecule has 3 atom stereocenters. The van der Waals surface area contributed by atoms with E-state index in [0.717, 1.165) is 80.7 Å². The molecule has 6 aromatic rings. The molecule has 10 heteroatoms. The van der Waals surface area contributed by atoms with Crippen molar-refractivity contribution in [2.75, 3.05) is 13.7 Å². The molecule has 3 N–H and O–H groups in total. The number of ether oxygens (including phenoxy) is 1. The number of hydrogen-bond donors (Lipinski definition) is 2. The van der Waals surface area contributed by atoms with Gasteiger partial charge < -0.3 is 29.5 Å². The maximum Gasteiger partial charge on any atom is 0.254 e. The summed E-state index contributed by atoms with van der Waals surface area (Å²) in [5, 5.41) is 2.05. The highest BCUT2D eigenvalue weighted by Gasteiger charge is 2.47. The molecule has 238 valence electrons.